The second kappa shape index (κ2) is 4.20. The Morgan fingerprint density at radius 3 is 2.95 bits per heavy atom. The molecule has 0 aliphatic rings. The molecule has 0 bridgehead atoms. The van der Waals surface area contributed by atoms with Crippen molar-refractivity contribution < 1.29 is 9.90 Å². The molecular weight excluding hydrogens is 242 g/mol. The predicted molar refractivity (Wildman–Crippen MR) is 70.1 cm³/mol. The molecule has 0 fully saturated rings. The van der Waals surface area contributed by atoms with Gasteiger partial charge in [-0.2, -0.15) is 0 Å². The van der Waals surface area contributed by atoms with Crippen LogP contribution < -0.4 is 0 Å². The first-order valence-electron chi connectivity index (χ1n) is 5.78. The van der Waals surface area contributed by atoms with Gasteiger partial charge in [0.25, 0.3) is 0 Å². The third-order valence-corrected chi connectivity index (χ3v) is 3.07. The third kappa shape index (κ3) is 1.85. The molecule has 3 aromatic heterocycles. The smallest absolute Gasteiger partial charge is 0.339 e. The molecule has 3 aromatic rings. The molecule has 0 aliphatic carbocycles. The van der Waals surface area contributed by atoms with E-state index in [1.807, 2.05) is 19.2 Å². The Balaban J connectivity index is 2.31. The number of hydrogen-bond acceptors (Lipinski definition) is 3. The molecule has 0 saturated carbocycles. The lowest BCUT2D eigenvalue weighted by Gasteiger charge is -2.08. The van der Waals surface area contributed by atoms with Crippen LogP contribution in [0.2, 0.25) is 0 Å². The van der Waals surface area contributed by atoms with Gasteiger partial charge in [0.15, 0.2) is 5.65 Å². The highest BCUT2D eigenvalue weighted by Crippen LogP contribution is 2.24. The van der Waals surface area contributed by atoms with Crippen molar-refractivity contribution in [1.82, 2.24) is 14.4 Å². The fraction of sp³-hybridized carbons (Fsp3) is 0.0714. The Morgan fingerprint density at radius 2 is 2.21 bits per heavy atom. The molecule has 0 amide bonds. The van der Waals surface area contributed by atoms with Gasteiger partial charge in [0.2, 0.25) is 0 Å². The average Bonchev–Trinajstić information content (AvgIpc) is 2.86. The van der Waals surface area contributed by atoms with Gasteiger partial charge in [0.05, 0.1) is 0 Å². The minimum absolute atomic E-state index is 0.186. The van der Waals surface area contributed by atoms with Crippen LogP contribution in [0, 0.1) is 6.92 Å². The van der Waals surface area contributed by atoms with Crippen LogP contribution in [0.25, 0.3) is 16.8 Å². The molecule has 0 atom stereocenters. The van der Waals surface area contributed by atoms with Crippen molar-refractivity contribution in [3.8, 4) is 11.1 Å². The molecule has 5 nitrogen and oxygen atoms in total. The zero-order chi connectivity index (χ0) is 13.4. The Morgan fingerprint density at radius 1 is 1.37 bits per heavy atom. The topological polar surface area (TPSA) is 67.5 Å². The number of fused-ring (bicyclic) bond motifs is 1. The van der Waals surface area contributed by atoms with Gasteiger partial charge >= 0.3 is 5.97 Å². The highest BCUT2D eigenvalue weighted by molar-refractivity contribution is 5.96. The molecule has 3 rings (SSSR count). The second-order valence-corrected chi connectivity index (χ2v) is 4.30. The summed E-state index contributed by atoms with van der Waals surface area (Å²) in [5, 5.41) is 9.27. The van der Waals surface area contributed by atoms with Gasteiger partial charge < -0.3 is 9.51 Å². The lowest BCUT2D eigenvalue weighted by atomic mass is 10.0. The van der Waals surface area contributed by atoms with Gasteiger partial charge in [-0.05, 0) is 24.6 Å². The highest BCUT2D eigenvalue weighted by Gasteiger charge is 2.13. The summed E-state index contributed by atoms with van der Waals surface area (Å²) in [7, 11) is 0. The number of nitrogens with zero attached hydrogens (tertiary/aromatic N) is 3. The molecule has 0 aliphatic heterocycles. The fourth-order valence-electron chi connectivity index (χ4n) is 2.10. The summed E-state index contributed by atoms with van der Waals surface area (Å²) in [6, 6.07) is 3.53. The number of hydrogen-bond donors (Lipinski definition) is 1. The monoisotopic (exact) mass is 253 g/mol. The van der Waals surface area contributed by atoms with Crippen molar-refractivity contribution in [1.29, 1.82) is 0 Å². The van der Waals surface area contributed by atoms with Crippen LogP contribution in [0.15, 0.2) is 43.1 Å². The van der Waals surface area contributed by atoms with Crippen LogP contribution >= 0.6 is 0 Å². The van der Waals surface area contributed by atoms with E-state index in [0.29, 0.717) is 5.65 Å². The van der Waals surface area contributed by atoms with Crippen LogP contribution in [-0.4, -0.2) is 25.4 Å². The summed E-state index contributed by atoms with van der Waals surface area (Å²) in [5.74, 6) is -0.986. The Hall–Kier alpha value is -2.69. The molecule has 0 saturated heterocycles. The van der Waals surface area contributed by atoms with E-state index in [2.05, 4.69) is 9.97 Å². The minimum atomic E-state index is -0.986. The number of imidazole rings is 1. The maximum absolute atomic E-state index is 11.3. The van der Waals surface area contributed by atoms with Gasteiger partial charge in [0.1, 0.15) is 5.56 Å². The Bertz CT molecular complexity index is 777. The standard InChI is InChI=1S/C14H11N3O2/c1-9-2-3-15-7-12(9)10-6-11(14(18)19)13-16-4-5-17(13)8-10/h2-8H,1H3,(H,18,19). The molecule has 19 heavy (non-hydrogen) atoms. The molecule has 0 spiro atoms. The van der Waals surface area contributed by atoms with E-state index >= 15 is 0 Å². The van der Waals surface area contributed by atoms with Crippen LogP contribution in [0.4, 0.5) is 0 Å². The molecular formula is C14H11N3O2. The largest absolute Gasteiger partial charge is 0.478 e. The summed E-state index contributed by atoms with van der Waals surface area (Å²) < 4.78 is 1.71. The maximum Gasteiger partial charge on any atom is 0.339 e. The Labute approximate surface area is 109 Å². The summed E-state index contributed by atoms with van der Waals surface area (Å²) in [4.78, 5) is 19.5. The molecule has 94 valence electrons. The van der Waals surface area contributed by atoms with E-state index < -0.39 is 5.97 Å². The van der Waals surface area contributed by atoms with Crippen molar-refractivity contribution >= 4 is 11.6 Å². The van der Waals surface area contributed by atoms with E-state index in [1.165, 1.54) is 0 Å². The first-order chi connectivity index (χ1) is 9.16. The molecule has 0 unspecified atom stereocenters. The molecule has 3 heterocycles. The summed E-state index contributed by atoms with van der Waals surface area (Å²) >= 11 is 0. The summed E-state index contributed by atoms with van der Waals surface area (Å²) in [6.07, 6.45) is 8.63. The number of aromatic nitrogens is 3. The zero-order valence-corrected chi connectivity index (χ0v) is 10.2. The quantitative estimate of drug-likeness (QED) is 0.761. The predicted octanol–water partition coefficient (Wildman–Crippen LogP) is 2.40. The lowest BCUT2D eigenvalue weighted by Crippen LogP contribution is -2.02. The molecule has 0 radical (unpaired) electrons. The molecule has 1 N–H and O–H groups in total. The number of carboxylic acid groups (broad SMARTS) is 1. The summed E-state index contributed by atoms with van der Waals surface area (Å²) in [6.45, 7) is 1.97. The second-order valence-electron chi connectivity index (χ2n) is 4.30. The van der Waals surface area contributed by atoms with Crippen molar-refractivity contribution in [3.05, 3.63) is 54.2 Å². The Kier molecular flexibility index (Phi) is 2.52. The van der Waals surface area contributed by atoms with Gasteiger partial charge in [0, 0.05) is 42.1 Å². The highest BCUT2D eigenvalue weighted by atomic mass is 16.4. The van der Waals surface area contributed by atoms with Gasteiger partial charge in [-0.15, -0.1) is 0 Å². The molecule has 0 aromatic carbocycles. The lowest BCUT2D eigenvalue weighted by molar-refractivity contribution is 0.0698. The van der Waals surface area contributed by atoms with E-state index in [-0.39, 0.29) is 5.56 Å². The number of carbonyl (C=O) groups is 1. The average molecular weight is 253 g/mol. The van der Waals surface area contributed by atoms with E-state index in [0.717, 1.165) is 16.7 Å². The first kappa shape index (κ1) is 11.4. The van der Waals surface area contributed by atoms with Crippen LogP contribution in [-0.2, 0) is 0 Å². The van der Waals surface area contributed by atoms with Crippen molar-refractivity contribution in [2.24, 2.45) is 0 Å². The van der Waals surface area contributed by atoms with Gasteiger partial charge in [-0.25, -0.2) is 9.78 Å². The minimum Gasteiger partial charge on any atom is -0.478 e. The number of pyridine rings is 2. The normalized spacial score (nSPS) is 10.8. The van der Waals surface area contributed by atoms with Crippen LogP contribution in [0.1, 0.15) is 15.9 Å². The first-order valence-corrected chi connectivity index (χ1v) is 5.78. The number of aromatic carboxylic acids is 1. The molecule has 5 heteroatoms. The SMILES string of the molecule is Cc1ccncc1-c1cc(C(=O)O)c2nccn2c1. The maximum atomic E-state index is 11.3. The van der Waals surface area contributed by atoms with Crippen LogP contribution in [0.5, 0.6) is 0 Å². The van der Waals surface area contributed by atoms with E-state index in [4.69, 9.17) is 0 Å². The number of aryl methyl sites for hydroxylation is 1. The van der Waals surface area contributed by atoms with Gasteiger partial charge in [-0.1, -0.05) is 0 Å². The third-order valence-electron chi connectivity index (χ3n) is 3.07. The van der Waals surface area contributed by atoms with Crippen LogP contribution in [0.3, 0.4) is 0 Å². The van der Waals surface area contributed by atoms with Gasteiger partial charge in [-0.3, -0.25) is 4.98 Å². The van der Waals surface area contributed by atoms with Crippen molar-refractivity contribution in [3.63, 3.8) is 0 Å². The van der Waals surface area contributed by atoms with E-state index in [9.17, 15) is 9.90 Å². The van der Waals surface area contributed by atoms with Crippen molar-refractivity contribution in [2.75, 3.05) is 0 Å². The fourth-order valence-corrected chi connectivity index (χ4v) is 2.10. The van der Waals surface area contributed by atoms with E-state index in [1.54, 1.807) is 35.3 Å². The van der Waals surface area contributed by atoms with Crippen molar-refractivity contribution in [2.45, 2.75) is 6.92 Å². The number of carboxylic acids is 1. The number of rotatable bonds is 2. The zero-order valence-electron chi connectivity index (χ0n) is 10.2. The summed E-state index contributed by atoms with van der Waals surface area (Å²) in [5.41, 5.74) is 3.41.